The van der Waals surface area contributed by atoms with E-state index in [2.05, 4.69) is 23.2 Å². The Kier molecular flexibility index (Phi) is 4.15. The molecule has 2 fully saturated rings. The van der Waals surface area contributed by atoms with Gasteiger partial charge < -0.3 is 9.64 Å². The summed E-state index contributed by atoms with van der Waals surface area (Å²) >= 11 is 0. The van der Waals surface area contributed by atoms with Gasteiger partial charge in [-0.3, -0.25) is 10.1 Å². The van der Waals surface area contributed by atoms with Crippen molar-refractivity contribution in [2.45, 2.75) is 44.8 Å². The minimum Gasteiger partial charge on any atom is -0.497 e. The fourth-order valence-corrected chi connectivity index (χ4v) is 3.54. The van der Waals surface area contributed by atoms with Gasteiger partial charge in [-0.15, -0.1) is 0 Å². The Bertz CT molecular complexity index is 509. The van der Waals surface area contributed by atoms with Gasteiger partial charge in [-0.25, -0.2) is 0 Å². The Morgan fingerprint density at radius 1 is 1.24 bits per heavy atom. The molecule has 2 aliphatic rings. The number of carbonyl (C=O) groups is 1. The molecule has 1 saturated carbocycles. The van der Waals surface area contributed by atoms with Crippen LogP contribution in [0.2, 0.25) is 0 Å². The molecule has 3 rings (SSSR count). The lowest BCUT2D eigenvalue weighted by atomic mass is 9.86. The fourth-order valence-electron chi connectivity index (χ4n) is 3.54. The number of nitrogens with one attached hydrogen (secondary N) is 1. The molecule has 0 spiro atoms. The van der Waals surface area contributed by atoms with Crippen molar-refractivity contribution in [3.05, 3.63) is 29.8 Å². The van der Waals surface area contributed by atoms with Gasteiger partial charge in [-0.2, -0.15) is 0 Å². The summed E-state index contributed by atoms with van der Waals surface area (Å²) in [7, 11) is 1.67. The number of nitrogens with zero attached hydrogens (tertiary/aromatic N) is 1. The molecule has 4 heteroatoms. The van der Waals surface area contributed by atoms with Crippen LogP contribution in [0.4, 0.5) is 0 Å². The average Bonchev–Trinajstić information content (AvgIpc) is 2.90. The zero-order valence-corrected chi connectivity index (χ0v) is 12.8. The summed E-state index contributed by atoms with van der Waals surface area (Å²) in [6, 6.07) is 8.39. The highest BCUT2D eigenvalue weighted by molar-refractivity contribution is 5.81. The van der Waals surface area contributed by atoms with Gasteiger partial charge >= 0.3 is 0 Å². The molecule has 21 heavy (non-hydrogen) atoms. The van der Waals surface area contributed by atoms with Crippen LogP contribution < -0.4 is 10.1 Å². The van der Waals surface area contributed by atoms with Crippen LogP contribution in [0, 0.1) is 5.92 Å². The van der Waals surface area contributed by atoms with Crippen LogP contribution in [-0.2, 0) is 4.79 Å². The van der Waals surface area contributed by atoms with Gasteiger partial charge in [0.2, 0.25) is 5.91 Å². The normalized spacial score (nSPS) is 29.7. The lowest BCUT2D eigenvalue weighted by Crippen LogP contribution is -2.41. The van der Waals surface area contributed by atoms with E-state index in [9.17, 15) is 4.79 Å². The van der Waals surface area contributed by atoms with Crippen molar-refractivity contribution in [3.63, 3.8) is 0 Å². The van der Waals surface area contributed by atoms with Gasteiger partial charge in [0.05, 0.1) is 13.7 Å². The lowest BCUT2D eigenvalue weighted by Gasteiger charge is -2.37. The van der Waals surface area contributed by atoms with E-state index < -0.39 is 0 Å². The van der Waals surface area contributed by atoms with Gasteiger partial charge in [0, 0.05) is 6.04 Å². The molecule has 1 N–H and O–H groups in total. The summed E-state index contributed by atoms with van der Waals surface area (Å²) in [4.78, 5) is 14.4. The first-order chi connectivity index (χ1) is 10.2. The molecule has 1 saturated heterocycles. The second kappa shape index (κ2) is 6.06. The van der Waals surface area contributed by atoms with Crippen molar-refractivity contribution in [1.29, 1.82) is 0 Å². The number of ether oxygens (including phenoxy) is 1. The van der Waals surface area contributed by atoms with E-state index in [-0.39, 0.29) is 12.1 Å². The van der Waals surface area contributed by atoms with Gasteiger partial charge in [0.15, 0.2) is 0 Å². The summed E-state index contributed by atoms with van der Waals surface area (Å²) in [6.45, 7) is 2.74. The zero-order valence-electron chi connectivity index (χ0n) is 12.8. The third-order valence-corrected chi connectivity index (χ3v) is 4.80. The van der Waals surface area contributed by atoms with Crippen molar-refractivity contribution in [3.8, 4) is 5.75 Å². The van der Waals surface area contributed by atoms with Gasteiger partial charge in [-0.1, -0.05) is 19.1 Å². The Hall–Kier alpha value is -1.55. The number of rotatable bonds is 3. The molecule has 1 aromatic carbocycles. The molecule has 1 atom stereocenters. The number of benzene rings is 1. The van der Waals surface area contributed by atoms with Gasteiger partial charge in [-0.05, 0) is 49.3 Å². The largest absolute Gasteiger partial charge is 0.497 e. The van der Waals surface area contributed by atoms with Crippen LogP contribution >= 0.6 is 0 Å². The molecule has 0 aromatic heterocycles. The van der Waals surface area contributed by atoms with E-state index in [1.165, 1.54) is 12.8 Å². The van der Waals surface area contributed by atoms with E-state index in [0.29, 0.717) is 12.6 Å². The Morgan fingerprint density at radius 3 is 2.71 bits per heavy atom. The summed E-state index contributed by atoms with van der Waals surface area (Å²) in [5.74, 6) is 1.86. The molecular formula is C17H24N2O2. The van der Waals surface area contributed by atoms with E-state index in [0.717, 1.165) is 30.1 Å². The first kappa shape index (κ1) is 14.4. The summed E-state index contributed by atoms with van der Waals surface area (Å²) in [5.41, 5.74) is 1.11. The van der Waals surface area contributed by atoms with Crippen molar-refractivity contribution in [2.24, 2.45) is 5.92 Å². The summed E-state index contributed by atoms with van der Waals surface area (Å²) in [6.07, 6.45) is 4.67. The highest BCUT2D eigenvalue weighted by Crippen LogP contribution is 2.34. The van der Waals surface area contributed by atoms with Crippen molar-refractivity contribution in [1.82, 2.24) is 10.2 Å². The molecular weight excluding hydrogens is 264 g/mol. The minimum absolute atomic E-state index is 0.00833. The predicted molar refractivity (Wildman–Crippen MR) is 82.0 cm³/mol. The third-order valence-electron chi connectivity index (χ3n) is 4.80. The van der Waals surface area contributed by atoms with Crippen LogP contribution in [0.25, 0.3) is 0 Å². The number of carbonyl (C=O) groups excluding carboxylic acids is 1. The second-order valence-corrected chi connectivity index (χ2v) is 6.27. The average molecular weight is 288 g/mol. The molecule has 0 radical (unpaired) electrons. The van der Waals surface area contributed by atoms with Gasteiger partial charge in [0.25, 0.3) is 0 Å². The quantitative estimate of drug-likeness (QED) is 0.930. The Balaban J connectivity index is 1.81. The van der Waals surface area contributed by atoms with Crippen molar-refractivity contribution >= 4 is 5.91 Å². The molecule has 4 nitrogen and oxygen atoms in total. The molecule has 1 amide bonds. The van der Waals surface area contributed by atoms with Crippen LogP contribution in [0.1, 0.15) is 44.3 Å². The van der Waals surface area contributed by atoms with Crippen LogP contribution in [0.5, 0.6) is 5.75 Å². The summed E-state index contributed by atoms with van der Waals surface area (Å²) in [5, 5.41) is 3.35. The first-order valence-corrected chi connectivity index (χ1v) is 7.87. The monoisotopic (exact) mass is 288 g/mol. The predicted octanol–water partition coefficient (Wildman–Crippen LogP) is 2.70. The number of amides is 1. The second-order valence-electron chi connectivity index (χ2n) is 6.27. The standard InChI is InChI=1S/C17H24N2O2/c1-12-6-8-14(9-7-12)19-16(20)11-18-17(19)13-4-3-5-15(10-13)21-2/h3-5,10,12,14,17-18H,6-9,11H2,1-2H3. The van der Waals surface area contributed by atoms with E-state index >= 15 is 0 Å². The maximum absolute atomic E-state index is 12.3. The maximum atomic E-state index is 12.3. The van der Waals surface area contributed by atoms with E-state index in [4.69, 9.17) is 4.74 Å². The van der Waals surface area contributed by atoms with E-state index in [1.807, 2.05) is 18.2 Å². The molecule has 1 aliphatic carbocycles. The molecule has 1 aliphatic heterocycles. The first-order valence-electron chi connectivity index (χ1n) is 7.87. The molecule has 1 unspecified atom stereocenters. The van der Waals surface area contributed by atoms with Crippen LogP contribution in [-0.4, -0.2) is 30.5 Å². The third kappa shape index (κ3) is 2.91. The Morgan fingerprint density at radius 2 is 2.00 bits per heavy atom. The number of hydrogen-bond donors (Lipinski definition) is 1. The highest BCUT2D eigenvalue weighted by Gasteiger charge is 2.37. The highest BCUT2D eigenvalue weighted by atomic mass is 16.5. The number of methoxy groups -OCH3 is 1. The molecule has 1 aromatic rings. The lowest BCUT2D eigenvalue weighted by molar-refractivity contribution is -0.131. The zero-order chi connectivity index (χ0) is 14.8. The smallest absolute Gasteiger partial charge is 0.238 e. The molecule has 0 bridgehead atoms. The Labute approximate surface area is 126 Å². The maximum Gasteiger partial charge on any atom is 0.238 e. The molecule has 114 valence electrons. The SMILES string of the molecule is COc1cccc(C2NCC(=O)N2C2CCC(C)CC2)c1. The fraction of sp³-hybridized carbons (Fsp3) is 0.588. The van der Waals surface area contributed by atoms with Crippen molar-refractivity contribution in [2.75, 3.05) is 13.7 Å². The minimum atomic E-state index is -0.00833. The topological polar surface area (TPSA) is 41.6 Å². The van der Waals surface area contributed by atoms with Crippen LogP contribution in [0.3, 0.4) is 0 Å². The van der Waals surface area contributed by atoms with Crippen molar-refractivity contribution < 1.29 is 9.53 Å². The molecule has 1 heterocycles. The summed E-state index contributed by atoms with van der Waals surface area (Å²) < 4.78 is 5.30. The van der Waals surface area contributed by atoms with E-state index in [1.54, 1.807) is 7.11 Å². The number of hydrogen-bond acceptors (Lipinski definition) is 3. The van der Waals surface area contributed by atoms with Gasteiger partial charge in [0.1, 0.15) is 11.9 Å². The van der Waals surface area contributed by atoms with Crippen LogP contribution in [0.15, 0.2) is 24.3 Å².